The largest absolute Gasteiger partial charge is 0.425 e. The van der Waals surface area contributed by atoms with Crippen LogP contribution in [0.4, 0.5) is 39.5 Å². The molecule has 0 amide bonds. The van der Waals surface area contributed by atoms with Gasteiger partial charge < -0.3 is 4.43 Å². The average molecular weight is 630 g/mol. The lowest BCUT2D eigenvalue weighted by molar-refractivity contribution is -0.380. The molecule has 1 aromatic rings. The Hall–Kier alpha value is -1.32. The first-order valence-corrected chi connectivity index (χ1v) is 17.2. The molecular weight excluding hydrogens is 593 g/mol. The lowest BCUT2D eigenvalue weighted by Crippen LogP contribution is -2.68. The lowest BCUT2D eigenvalue weighted by Gasteiger charge is -2.50. The molecule has 40 heavy (non-hydrogen) atoms. The van der Waals surface area contributed by atoms with Gasteiger partial charge >= 0.3 is 18.5 Å². The van der Waals surface area contributed by atoms with Crippen molar-refractivity contribution in [2.24, 2.45) is 5.92 Å². The van der Waals surface area contributed by atoms with Crippen LogP contribution in [0.3, 0.4) is 0 Å². The van der Waals surface area contributed by atoms with E-state index in [4.69, 9.17) is 4.43 Å². The zero-order chi connectivity index (χ0) is 30.8. The Balaban J connectivity index is 2.49. The fraction of sp³-hybridized carbons (Fsp3) is 0.760. The molecule has 4 nitrogen and oxygen atoms in total. The molecule has 0 spiro atoms. The highest BCUT2D eigenvalue weighted by molar-refractivity contribution is 7.89. The number of sulfonamides is 1. The highest BCUT2D eigenvalue weighted by Crippen LogP contribution is 2.56. The molecular formula is C25H36F9NO3SSi. The molecule has 1 atom stereocenters. The van der Waals surface area contributed by atoms with Gasteiger partial charge in [-0.15, -0.1) is 0 Å². The normalized spacial score (nSPS) is 21.1. The van der Waals surface area contributed by atoms with Crippen LogP contribution in [-0.4, -0.2) is 57.8 Å². The summed E-state index contributed by atoms with van der Waals surface area (Å²) in [5.74, 6) is -2.14. The zero-order valence-corrected chi connectivity index (χ0v) is 24.6. The van der Waals surface area contributed by atoms with E-state index < -0.39 is 91.9 Å². The fourth-order valence-corrected chi connectivity index (χ4v) is 10.5. The summed E-state index contributed by atoms with van der Waals surface area (Å²) in [5, 5.41) is -1.42. The molecule has 0 aromatic heterocycles. The van der Waals surface area contributed by atoms with Crippen molar-refractivity contribution in [1.29, 1.82) is 0 Å². The summed E-state index contributed by atoms with van der Waals surface area (Å²) in [5.41, 5.74) is -4.30. The Bertz CT molecular complexity index is 1030. The molecule has 0 saturated heterocycles. The molecule has 1 unspecified atom stereocenters. The Morgan fingerprint density at radius 2 is 1.30 bits per heavy atom. The summed E-state index contributed by atoms with van der Waals surface area (Å²) >= 11 is 0. The van der Waals surface area contributed by atoms with Gasteiger partial charge in [-0.3, -0.25) is 0 Å². The Labute approximate surface area is 230 Å². The van der Waals surface area contributed by atoms with Crippen molar-refractivity contribution in [3.05, 3.63) is 35.9 Å². The third-order valence-corrected chi connectivity index (χ3v) is 15.1. The minimum atomic E-state index is -5.85. The van der Waals surface area contributed by atoms with Gasteiger partial charge in [0, 0.05) is 12.0 Å². The first kappa shape index (κ1) is 34.9. The molecule has 1 aliphatic carbocycles. The second-order valence-corrected chi connectivity index (χ2v) is 17.2. The minimum Gasteiger partial charge on any atom is -0.396 e. The van der Waals surface area contributed by atoms with Crippen molar-refractivity contribution in [3.8, 4) is 0 Å². The van der Waals surface area contributed by atoms with Gasteiger partial charge in [0.25, 0.3) is 5.60 Å². The van der Waals surface area contributed by atoms with Crippen LogP contribution in [-0.2, 0) is 14.4 Å². The summed E-state index contributed by atoms with van der Waals surface area (Å²) in [6, 6.07) is 6.01. The molecule has 1 aromatic carbocycles. The van der Waals surface area contributed by atoms with Crippen molar-refractivity contribution >= 4 is 18.3 Å². The van der Waals surface area contributed by atoms with Crippen LogP contribution < -0.4 is 0 Å². The summed E-state index contributed by atoms with van der Waals surface area (Å²) in [4.78, 5) is 0. The van der Waals surface area contributed by atoms with Crippen LogP contribution in [0.5, 0.6) is 0 Å². The predicted molar refractivity (Wildman–Crippen MR) is 135 cm³/mol. The highest BCUT2D eigenvalue weighted by atomic mass is 32.2. The second kappa shape index (κ2) is 12.5. The van der Waals surface area contributed by atoms with E-state index in [9.17, 15) is 47.9 Å². The van der Waals surface area contributed by atoms with Gasteiger partial charge in [-0.2, -0.15) is 43.8 Å². The Morgan fingerprint density at radius 1 is 0.850 bits per heavy atom. The van der Waals surface area contributed by atoms with Crippen LogP contribution in [0.15, 0.2) is 30.3 Å². The highest BCUT2D eigenvalue weighted by Gasteiger charge is 2.76. The van der Waals surface area contributed by atoms with Crippen molar-refractivity contribution in [2.45, 2.75) is 107 Å². The molecule has 15 heteroatoms. The van der Waals surface area contributed by atoms with Crippen molar-refractivity contribution in [3.63, 3.8) is 0 Å². The van der Waals surface area contributed by atoms with Crippen molar-refractivity contribution in [1.82, 2.24) is 4.31 Å². The SMILES string of the molecule is CC[Si](CC)(CC)OC(C1CCC(N(CC(F)(F)F)S(=O)(=O)C(C)c2ccccc2)CC1)(C(F)(F)F)C(F)(F)F. The van der Waals surface area contributed by atoms with E-state index in [2.05, 4.69) is 0 Å². The minimum absolute atomic E-state index is 0.0121. The number of rotatable bonds is 11. The van der Waals surface area contributed by atoms with E-state index >= 15 is 0 Å². The van der Waals surface area contributed by atoms with E-state index in [1.54, 1.807) is 6.07 Å². The van der Waals surface area contributed by atoms with E-state index in [0.717, 1.165) is 0 Å². The number of halogens is 9. The van der Waals surface area contributed by atoms with Crippen LogP contribution in [0.2, 0.25) is 18.1 Å². The second-order valence-electron chi connectivity index (χ2n) is 10.3. The summed E-state index contributed by atoms with van der Waals surface area (Å²) in [7, 11) is -8.20. The lowest BCUT2D eigenvalue weighted by atomic mass is 9.74. The van der Waals surface area contributed by atoms with Crippen LogP contribution >= 0.6 is 0 Å². The summed E-state index contributed by atoms with van der Waals surface area (Å²) in [6.45, 7) is 3.75. The monoisotopic (exact) mass is 629 g/mol. The van der Waals surface area contributed by atoms with Gasteiger partial charge in [-0.05, 0) is 56.3 Å². The first-order valence-electron chi connectivity index (χ1n) is 13.2. The van der Waals surface area contributed by atoms with Crippen LogP contribution in [0.25, 0.3) is 0 Å². The Morgan fingerprint density at radius 3 is 1.68 bits per heavy atom. The third kappa shape index (κ3) is 7.17. The summed E-state index contributed by atoms with van der Waals surface area (Å²) < 4.78 is 160. The third-order valence-electron chi connectivity index (χ3n) is 8.21. The van der Waals surface area contributed by atoms with E-state index in [1.165, 1.54) is 52.0 Å². The van der Waals surface area contributed by atoms with Crippen LogP contribution in [0.1, 0.15) is 64.2 Å². The molecule has 0 aliphatic heterocycles. The molecule has 232 valence electrons. The maximum atomic E-state index is 14.5. The van der Waals surface area contributed by atoms with E-state index in [0.29, 0.717) is 0 Å². The zero-order valence-electron chi connectivity index (χ0n) is 22.8. The van der Waals surface area contributed by atoms with Crippen LogP contribution in [0, 0.1) is 5.92 Å². The van der Waals surface area contributed by atoms with Crippen molar-refractivity contribution in [2.75, 3.05) is 6.54 Å². The molecule has 2 rings (SSSR count). The standard InChI is InChI=1S/C25H36F9NO3SSi/c1-5-40(6-2,7-3)38-23(24(29,30)31,25(32,33)34)20-13-15-21(16-14-20)35(17-22(26,27)28)39(36,37)18(4)19-11-9-8-10-12-19/h8-12,18,20-21H,5-7,13-17H2,1-4H3. The van der Waals surface area contributed by atoms with E-state index in [-0.39, 0.29) is 28.0 Å². The van der Waals surface area contributed by atoms with Gasteiger partial charge in [0.05, 0.1) is 5.25 Å². The fourth-order valence-electron chi connectivity index (χ4n) is 5.60. The molecule has 1 aliphatic rings. The first-order chi connectivity index (χ1) is 18.2. The molecule has 0 N–H and O–H groups in total. The topological polar surface area (TPSA) is 46.6 Å². The number of alkyl halides is 9. The number of hydrogen-bond acceptors (Lipinski definition) is 3. The summed E-state index contributed by atoms with van der Waals surface area (Å²) in [6.07, 6.45) is -19.5. The van der Waals surface area contributed by atoms with Gasteiger partial charge in [-0.25, -0.2) is 8.42 Å². The smallest absolute Gasteiger partial charge is 0.396 e. The Kier molecular flexibility index (Phi) is 10.9. The number of benzene rings is 1. The maximum Gasteiger partial charge on any atom is 0.425 e. The molecule has 1 fully saturated rings. The predicted octanol–water partition coefficient (Wildman–Crippen LogP) is 8.39. The van der Waals surface area contributed by atoms with E-state index in [1.807, 2.05) is 0 Å². The van der Waals surface area contributed by atoms with Gasteiger partial charge in [0.2, 0.25) is 10.0 Å². The molecule has 0 radical (unpaired) electrons. The van der Waals surface area contributed by atoms with Gasteiger partial charge in [0.1, 0.15) is 6.54 Å². The number of nitrogens with zero attached hydrogens (tertiary/aromatic N) is 1. The van der Waals surface area contributed by atoms with Crippen molar-refractivity contribution < 1.29 is 52.4 Å². The quantitative estimate of drug-likeness (QED) is 0.183. The maximum absolute atomic E-state index is 14.5. The average Bonchev–Trinajstić information content (AvgIpc) is 2.87. The van der Waals surface area contributed by atoms with Gasteiger partial charge in [0.15, 0.2) is 8.32 Å². The molecule has 1 saturated carbocycles. The molecule has 0 heterocycles. The van der Waals surface area contributed by atoms with Gasteiger partial charge in [-0.1, -0.05) is 51.1 Å². The molecule has 0 bridgehead atoms. The number of hydrogen-bond donors (Lipinski definition) is 0.